The molecule has 2 N–H and O–H groups in total. The van der Waals surface area contributed by atoms with Crippen molar-refractivity contribution in [1.29, 1.82) is 0 Å². The van der Waals surface area contributed by atoms with Gasteiger partial charge in [0.1, 0.15) is 0 Å². The third kappa shape index (κ3) is 2.64. The fourth-order valence-electron chi connectivity index (χ4n) is 3.13. The van der Waals surface area contributed by atoms with Crippen LogP contribution in [0.2, 0.25) is 0 Å². The maximum Gasteiger partial charge on any atom is 0.416 e. The third-order valence-corrected chi connectivity index (χ3v) is 4.41. The van der Waals surface area contributed by atoms with Crippen LogP contribution in [0.25, 0.3) is 0 Å². The van der Waals surface area contributed by atoms with Gasteiger partial charge >= 0.3 is 6.18 Å². The van der Waals surface area contributed by atoms with Crippen molar-refractivity contribution in [1.82, 2.24) is 0 Å². The standard InChI is InChI=1S/C15H20F3N/c1-10-9-12(15(16,17)18)6-7-13(10)14(19)8-4-3-5-11(14)2/h6-7,9,11H,3-5,8,19H2,1-2H3. The molecule has 1 nitrogen and oxygen atoms in total. The summed E-state index contributed by atoms with van der Waals surface area (Å²) in [6.45, 7) is 3.82. The van der Waals surface area contributed by atoms with Gasteiger partial charge in [-0.1, -0.05) is 25.8 Å². The van der Waals surface area contributed by atoms with E-state index in [1.807, 2.05) is 0 Å². The first-order valence-corrected chi connectivity index (χ1v) is 6.72. The van der Waals surface area contributed by atoms with E-state index in [-0.39, 0.29) is 0 Å². The zero-order valence-corrected chi connectivity index (χ0v) is 11.3. The molecular weight excluding hydrogens is 251 g/mol. The molecule has 4 heteroatoms. The molecule has 2 rings (SSSR count). The van der Waals surface area contributed by atoms with Crippen molar-refractivity contribution < 1.29 is 13.2 Å². The Balaban J connectivity index is 2.41. The molecule has 1 aliphatic rings. The molecule has 1 aromatic rings. The van der Waals surface area contributed by atoms with Gasteiger partial charge in [0.15, 0.2) is 0 Å². The number of nitrogens with two attached hydrogens (primary N) is 1. The Morgan fingerprint density at radius 2 is 1.95 bits per heavy atom. The van der Waals surface area contributed by atoms with E-state index in [1.54, 1.807) is 13.0 Å². The molecule has 0 saturated heterocycles. The third-order valence-electron chi connectivity index (χ3n) is 4.41. The van der Waals surface area contributed by atoms with Gasteiger partial charge < -0.3 is 5.73 Å². The van der Waals surface area contributed by atoms with Crippen LogP contribution >= 0.6 is 0 Å². The Morgan fingerprint density at radius 1 is 1.26 bits per heavy atom. The Morgan fingerprint density at radius 3 is 2.47 bits per heavy atom. The molecule has 0 radical (unpaired) electrons. The van der Waals surface area contributed by atoms with Crippen molar-refractivity contribution in [2.75, 3.05) is 0 Å². The van der Waals surface area contributed by atoms with Gasteiger partial charge in [-0.15, -0.1) is 0 Å². The summed E-state index contributed by atoms with van der Waals surface area (Å²) in [5.41, 5.74) is 6.94. The minimum absolute atomic E-state index is 0.302. The summed E-state index contributed by atoms with van der Waals surface area (Å²) in [6.07, 6.45) is -0.207. The Hall–Kier alpha value is -1.03. The van der Waals surface area contributed by atoms with Crippen molar-refractivity contribution in [2.24, 2.45) is 11.7 Å². The van der Waals surface area contributed by atoms with Gasteiger partial charge in [-0.25, -0.2) is 0 Å². The second-order valence-electron chi connectivity index (χ2n) is 5.71. The fraction of sp³-hybridized carbons (Fsp3) is 0.600. The number of halogens is 3. The van der Waals surface area contributed by atoms with Crippen molar-refractivity contribution in [3.63, 3.8) is 0 Å². The minimum atomic E-state index is -4.29. The summed E-state index contributed by atoms with van der Waals surface area (Å²) < 4.78 is 38.0. The highest BCUT2D eigenvalue weighted by Crippen LogP contribution is 2.41. The highest BCUT2D eigenvalue weighted by Gasteiger charge is 2.38. The molecule has 0 amide bonds. The van der Waals surface area contributed by atoms with E-state index in [0.717, 1.165) is 37.3 Å². The van der Waals surface area contributed by atoms with Crippen molar-refractivity contribution in [3.8, 4) is 0 Å². The van der Waals surface area contributed by atoms with Crippen LogP contribution in [0, 0.1) is 12.8 Å². The van der Waals surface area contributed by atoms with Crippen LogP contribution < -0.4 is 5.73 Å². The molecular formula is C15H20F3N. The van der Waals surface area contributed by atoms with Gasteiger partial charge in [-0.2, -0.15) is 13.2 Å². The molecule has 2 atom stereocenters. The van der Waals surface area contributed by atoms with E-state index < -0.39 is 17.3 Å². The fourth-order valence-corrected chi connectivity index (χ4v) is 3.13. The number of aryl methyl sites for hydroxylation is 1. The molecule has 106 valence electrons. The lowest BCUT2D eigenvalue weighted by molar-refractivity contribution is -0.137. The van der Waals surface area contributed by atoms with E-state index in [9.17, 15) is 13.2 Å². The first kappa shape index (κ1) is 14.4. The minimum Gasteiger partial charge on any atom is -0.321 e. The lowest BCUT2D eigenvalue weighted by atomic mass is 9.69. The molecule has 0 heterocycles. The van der Waals surface area contributed by atoms with Crippen molar-refractivity contribution in [3.05, 3.63) is 34.9 Å². The average molecular weight is 271 g/mol. The summed E-state index contributed by atoms with van der Waals surface area (Å²) in [5.74, 6) is 0.302. The van der Waals surface area contributed by atoms with E-state index in [0.29, 0.717) is 11.5 Å². The van der Waals surface area contributed by atoms with Crippen LogP contribution in [0.1, 0.15) is 49.3 Å². The molecule has 19 heavy (non-hydrogen) atoms. The van der Waals surface area contributed by atoms with Gasteiger partial charge in [0.2, 0.25) is 0 Å². The lowest BCUT2D eigenvalue weighted by Gasteiger charge is -2.41. The van der Waals surface area contributed by atoms with Crippen LogP contribution in [0.3, 0.4) is 0 Å². The van der Waals surface area contributed by atoms with Crippen molar-refractivity contribution >= 4 is 0 Å². The Bertz CT molecular complexity index is 467. The van der Waals surface area contributed by atoms with E-state index in [4.69, 9.17) is 5.73 Å². The number of benzene rings is 1. The second-order valence-corrected chi connectivity index (χ2v) is 5.71. The summed E-state index contributed by atoms with van der Waals surface area (Å²) in [7, 11) is 0. The molecule has 0 bridgehead atoms. The van der Waals surface area contributed by atoms with Crippen LogP contribution in [-0.4, -0.2) is 0 Å². The smallest absolute Gasteiger partial charge is 0.321 e. The molecule has 1 aliphatic carbocycles. The highest BCUT2D eigenvalue weighted by atomic mass is 19.4. The van der Waals surface area contributed by atoms with Crippen LogP contribution in [0.15, 0.2) is 18.2 Å². The van der Waals surface area contributed by atoms with Gasteiger partial charge in [0, 0.05) is 5.54 Å². The Labute approximate surface area is 112 Å². The molecule has 1 aromatic carbocycles. The molecule has 0 aliphatic heterocycles. The summed E-state index contributed by atoms with van der Waals surface area (Å²) >= 11 is 0. The maximum absolute atomic E-state index is 12.7. The van der Waals surface area contributed by atoms with Crippen LogP contribution in [0.4, 0.5) is 13.2 Å². The second kappa shape index (κ2) is 4.82. The molecule has 1 fully saturated rings. The van der Waals surface area contributed by atoms with Crippen molar-refractivity contribution in [2.45, 2.75) is 51.2 Å². The van der Waals surface area contributed by atoms with Gasteiger partial charge in [-0.05, 0) is 48.9 Å². The van der Waals surface area contributed by atoms with Crippen LogP contribution in [0.5, 0.6) is 0 Å². The number of hydrogen-bond acceptors (Lipinski definition) is 1. The van der Waals surface area contributed by atoms with Gasteiger partial charge in [-0.3, -0.25) is 0 Å². The highest BCUT2D eigenvalue weighted by molar-refractivity contribution is 5.38. The Kier molecular flexibility index (Phi) is 3.65. The predicted octanol–water partition coefficient (Wildman–Crippen LogP) is 4.38. The van der Waals surface area contributed by atoms with E-state index in [2.05, 4.69) is 6.92 Å². The van der Waals surface area contributed by atoms with Crippen LogP contribution in [-0.2, 0) is 11.7 Å². The van der Waals surface area contributed by atoms with E-state index in [1.165, 1.54) is 6.07 Å². The maximum atomic E-state index is 12.7. The van der Waals surface area contributed by atoms with E-state index >= 15 is 0 Å². The summed E-state index contributed by atoms with van der Waals surface area (Å²) in [4.78, 5) is 0. The molecule has 2 unspecified atom stereocenters. The van der Waals surface area contributed by atoms with Gasteiger partial charge in [0.05, 0.1) is 5.56 Å². The van der Waals surface area contributed by atoms with Gasteiger partial charge in [0.25, 0.3) is 0 Å². The number of hydrogen-bond donors (Lipinski definition) is 1. The topological polar surface area (TPSA) is 26.0 Å². The zero-order chi connectivity index (χ0) is 14.3. The zero-order valence-electron chi connectivity index (χ0n) is 11.3. The predicted molar refractivity (Wildman–Crippen MR) is 69.7 cm³/mol. The summed E-state index contributed by atoms with van der Waals surface area (Å²) in [6, 6.07) is 3.93. The SMILES string of the molecule is Cc1cc(C(F)(F)F)ccc1C1(N)CCCCC1C. The lowest BCUT2D eigenvalue weighted by Crippen LogP contribution is -2.45. The number of rotatable bonds is 1. The molecule has 1 saturated carbocycles. The first-order chi connectivity index (χ1) is 8.75. The average Bonchev–Trinajstić information content (AvgIpc) is 2.31. The normalized spacial score (nSPS) is 28.4. The summed E-state index contributed by atoms with van der Waals surface area (Å²) in [5, 5.41) is 0. The first-order valence-electron chi connectivity index (χ1n) is 6.72. The number of alkyl halides is 3. The largest absolute Gasteiger partial charge is 0.416 e. The quantitative estimate of drug-likeness (QED) is 0.806. The molecule has 0 spiro atoms. The monoisotopic (exact) mass is 271 g/mol. The molecule has 0 aromatic heterocycles.